The van der Waals surface area contributed by atoms with Gasteiger partial charge in [0.05, 0.1) is 12.1 Å². The average Bonchev–Trinajstić information content (AvgIpc) is 3.56. The van der Waals surface area contributed by atoms with Crippen molar-refractivity contribution in [3.05, 3.63) is 87.7 Å². The number of thiophene rings is 1. The van der Waals surface area contributed by atoms with Crippen molar-refractivity contribution in [1.82, 2.24) is 4.90 Å². The van der Waals surface area contributed by atoms with E-state index in [4.69, 9.17) is 0 Å². The maximum Gasteiger partial charge on any atom is 0.278 e. The normalized spacial score (nSPS) is 16.4. The van der Waals surface area contributed by atoms with Crippen molar-refractivity contribution in [2.24, 2.45) is 0 Å². The first-order chi connectivity index (χ1) is 15.6. The molecule has 0 unspecified atom stereocenters. The lowest BCUT2D eigenvalue weighted by Crippen LogP contribution is -2.31. The molecule has 0 radical (unpaired) electrons. The van der Waals surface area contributed by atoms with Gasteiger partial charge in [-0.3, -0.25) is 14.5 Å². The smallest absolute Gasteiger partial charge is 0.278 e. The topological polar surface area (TPSA) is 52.7 Å². The largest absolute Gasteiger partial charge is 0.372 e. The highest BCUT2D eigenvalue weighted by Gasteiger charge is 2.39. The summed E-state index contributed by atoms with van der Waals surface area (Å²) < 4.78 is 0. The number of nitrogens with one attached hydrogen (secondary N) is 1. The van der Waals surface area contributed by atoms with Crippen LogP contribution in [0.1, 0.15) is 28.8 Å². The average molecular weight is 444 g/mol. The Balaban J connectivity index is 1.43. The Labute approximate surface area is 192 Å². The first-order valence-electron chi connectivity index (χ1n) is 10.9. The van der Waals surface area contributed by atoms with Gasteiger partial charge in [0.2, 0.25) is 0 Å². The zero-order valence-electron chi connectivity index (χ0n) is 18.0. The maximum atomic E-state index is 13.4. The minimum Gasteiger partial charge on any atom is -0.372 e. The van der Waals surface area contributed by atoms with Crippen molar-refractivity contribution >= 4 is 40.1 Å². The molecule has 2 aliphatic heterocycles. The molecule has 162 valence electrons. The van der Waals surface area contributed by atoms with E-state index in [1.54, 1.807) is 0 Å². The quantitative estimate of drug-likeness (QED) is 0.542. The standard InChI is InChI=1S/C26H25N3O2S/c1-18-6-8-19(9-7-18)17-29-25(30)23(22-5-4-16-32-22)24(26(29)31)27-20-10-12-21(13-11-20)28-14-2-3-15-28/h4-13,16,27H,2-3,14-15,17H2,1H3. The van der Waals surface area contributed by atoms with E-state index < -0.39 is 0 Å². The van der Waals surface area contributed by atoms with Crippen LogP contribution in [-0.4, -0.2) is 29.8 Å². The van der Waals surface area contributed by atoms with E-state index in [9.17, 15) is 9.59 Å². The van der Waals surface area contributed by atoms with Crippen LogP contribution in [0.2, 0.25) is 0 Å². The van der Waals surface area contributed by atoms with E-state index in [0.29, 0.717) is 11.3 Å². The Hall–Kier alpha value is -3.38. The van der Waals surface area contributed by atoms with E-state index in [-0.39, 0.29) is 18.4 Å². The van der Waals surface area contributed by atoms with Gasteiger partial charge >= 0.3 is 0 Å². The third-order valence-corrected chi connectivity index (χ3v) is 6.89. The lowest BCUT2D eigenvalue weighted by molar-refractivity contribution is -0.137. The number of carbonyl (C=O) groups is 2. The lowest BCUT2D eigenvalue weighted by Gasteiger charge is -2.18. The number of aryl methyl sites for hydroxylation is 1. The van der Waals surface area contributed by atoms with Crippen LogP contribution >= 0.6 is 11.3 Å². The van der Waals surface area contributed by atoms with Crippen LogP contribution < -0.4 is 10.2 Å². The number of anilines is 2. The molecule has 2 amide bonds. The first kappa shape index (κ1) is 20.5. The number of hydrogen-bond donors (Lipinski definition) is 1. The van der Waals surface area contributed by atoms with Gasteiger partial charge in [-0.15, -0.1) is 11.3 Å². The Kier molecular flexibility index (Phi) is 5.53. The third-order valence-electron chi connectivity index (χ3n) is 6.00. The molecule has 1 saturated heterocycles. The second-order valence-electron chi connectivity index (χ2n) is 8.28. The maximum absolute atomic E-state index is 13.4. The van der Waals surface area contributed by atoms with Crippen LogP contribution in [0.5, 0.6) is 0 Å². The molecule has 0 aliphatic carbocycles. The molecule has 32 heavy (non-hydrogen) atoms. The highest BCUT2D eigenvalue weighted by Crippen LogP contribution is 2.34. The van der Waals surface area contributed by atoms with E-state index in [2.05, 4.69) is 22.3 Å². The minimum atomic E-state index is -0.289. The summed E-state index contributed by atoms with van der Waals surface area (Å²) in [5.41, 5.74) is 4.86. The van der Waals surface area contributed by atoms with Gasteiger partial charge < -0.3 is 10.2 Å². The third kappa shape index (κ3) is 3.94. The summed E-state index contributed by atoms with van der Waals surface area (Å²) in [4.78, 5) is 31.2. The van der Waals surface area contributed by atoms with Crippen LogP contribution in [-0.2, 0) is 16.1 Å². The molecule has 3 heterocycles. The number of carbonyl (C=O) groups excluding carboxylic acids is 2. The van der Waals surface area contributed by atoms with E-state index in [1.807, 2.05) is 60.8 Å². The fraction of sp³-hybridized carbons (Fsp3) is 0.231. The zero-order valence-corrected chi connectivity index (χ0v) is 18.8. The summed E-state index contributed by atoms with van der Waals surface area (Å²) in [5, 5.41) is 5.18. The van der Waals surface area contributed by atoms with Gasteiger partial charge in [0.25, 0.3) is 11.8 Å². The number of amides is 2. The Morgan fingerprint density at radius 3 is 2.28 bits per heavy atom. The number of imide groups is 1. The molecule has 0 spiro atoms. The summed E-state index contributed by atoms with van der Waals surface area (Å²) in [6.07, 6.45) is 2.45. The van der Waals surface area contributed by atoms with Crippen LogP contribution in [0.15, 0.2) is 71.7 Å². The molecule has 0 saturated carbocycles. The molecule has 5 rings (SSSR count). The van der Waals surface area contributed by atoms with E-state index in [0.717, 1.165) is 34.8 Å². The summed E-state index contributed by atoms with van der Waals surface area (Å²) in [5.74, 6) is -0.545. The molecule has 3 aromatic rings. The Morgan fingerprint density at radius 2 is 1.62 bits per heavy atom. The van der Waals surface area contributed by atoms with Gasteiger partial charge in [-0.05, 0) is 61.0 Å². The highest BCUT2D eigenvalue weighted by atomic mass is 32.1. The second kappa shape index (κ2) is 8.63. The van der Waals surface area contributed by atoms with Crippen LogP contribution in [0.3, 0.4) is 0 Å². The molecule has 1 aromatic heterocycles. The van der Waals surface area contributed by atoms with Crippen molar-refractivity contribution < 1.29 is 9.59 Å². The SMILES string of the molecule is Cc1ccc(CN2C(=O)C(Nc3ccc(N4CCCC4)cc3)=C(c3cccs3)C2=O)cc1. The van der Waals surface area contributed by atoms with Crippen LogP contribution in [0.25, 0.3) is 5.57 Å². The second-order valence-corrected chi connectivity index (χ2v) is 9.22. The van der Waals surface area contributed by atoms with Gasteiger partial charge in [0.1, 0.15) is 5.70 Å². The summed E-state index contributed by atoms with van der Waals surface area (Å²) in [7, 11) is 0. The molecule has 0 bridgehead atoms. The highest BCUT2D eigenvalue weighted by molar-refractivity contribution is 7.11. The molecule has 1 N–H and O–H groups in total. The van der Waals surface area contributed by atoms with Crippen LogP contribution in [0.4, 0.5) is 11.4 Å². The van der Waals surface area contributed by atoms with Crippen LogP contribution in [0, 0.1) is 6.92 Å². The Morgan fingerprint density at radius 1 is 0.906 bits per heavy atom. The van der Waals surface area contributed by atoms with Crippen molar-refractivity contribution in [1.29, 1.82) is 0 Å². The fourth-order valence-electron chi connectivity index (χ4n) is 4.24. The van der Waals surface area contributed by atoms with Gasteiger partial charge in [-0.2, -0.15) is 0 Å². The van der Waals surface area contributed by atoms with Gasteiger partial charge in [0, 0.05) is 29.3 Å². The molecule has 2 aliphatic rings. The molecule has 2 aromatic carbocycles. The molecular formula is C26H25N3O2S. The number of rotatable bonds is 6. The van der Waals surface area contributed by atoms with E-state index in [1.165, 1.54) is 34.8 Å². The summed E-state index contributed by atoms with van der Waals surface area (Å²) >= 11 is 1.47. The summed E-state index contributed by atoms with van der Waals surface area (Å²) in [6, 6.07) is 19.8. The first-order valence-corrected chi connectivity index (χ1v) is 11.8. The summed E-state index contributed by atoms with van der Waals surface area (Å²) in [6.45, 7) is 4.44. The zero-order chi connectivity index (χ0) is 22.1. The fourth-order valence-corrected chi connectivity index (χ4v) is 5.00. The lowest BCUT2D eigenvalue weighted by atomic mass is 10.1. The van der Waals surface area contributed by atoms with Crippen molar-refractivity contribution in [3.63, 3.8) is 0 Å². The Bertz CT molecular complexity index is 1160. The van der Waals surface area contributed by atoms with E-state index >= 15 is 0 Å². The molecule has 0 atom stereocenters. The van der Waals surface area contributed by atoms with Crippen molar-refractivity contribution in [2.45, 2.75) is 26.3 Å². The van der Waals surface area contributed by atoms with Gasteiger partial charge in [-0.25, -0.2) is 0 Å². The molecule has 6 heteroatoms. The van der Waals surface area contributed by atoms with Crippen molar-refractivity contribution in [3.8, 4) is 0 Å². The van der Waals surface area contributed by atoms with Gasteiger partial charge in [0.15, 0.2) is 0 Å². The van der Waals surface area contributed by atoms with Crippen molar-refractivity contribution in [2.75, 3.05) is 23.3 Å². The minimum absolute atomic E-state index is 0.255. The molecular weight excluding hydrogens is 418 g/mol. The number of hydrogen-bond acceptors (Lipinski definition) is 5. The predicted octanol–water partition coefficient (Wildman–Crippen LogP) is 5.05. The predicted molar refractivity (Wildman–Crippen MR) is 129 cm³/mol. The number of nitrogens with zero attached hydrogens (tertiary/aromatic N) is 2. The van der Waals surface area contributed by atoms with Gasteiger partial charge in [-0.1, -0.05) is 35.9 Å². The monoisotopic (exact) mass is 443 g/mol. The molecule has 5 nitrogen and oxygen atoms in total. The number of benzene rings is 2. The molecule has 1 fully saturated rings.